The van der Waals surface area contributed by atoms with E-state index < -0.39 is 0 Å². The average molecular weight is 312 g/mol. The van der Waals surface area contributed by atoms with Crippen molar-refractivity contribution in [3.8, 4) is 0 Å². The number of nitrogens with zero attached hydrogens (tertiary/aromatic N) is 1. The molecule has 4 heteroatoms. The third-order valence-corrected chi connectivity index (χ3v) is 3.54. The Bertz CT molecular complexity index is 529. The van der Waals surface area contributed by atoms with Crippen LogP contribution in [-0.4, -0.2) is 4.98 Å². The predicted octanol–water partition coefficient (Wildman–Crippen LogP) is 4.42. The fourth-order valence-corrected chi connectivity index (χ4v) is 1.95. The molecule has 0 fully saturated rings. The maximum Gasteiger partial charge on any atom is 0.131 e. The van der Waals surface area contributed by atoms with E-state index in [9.17, 15) is 0 Å². The molecule has 1 aromatic carbocycles. The maximum atomic E-state index is 5.82. The molecule has 17 heavy (non-hydrogen) atoms. The van der Waals surface area contributed by atoms with Crippen LogP contribution in [0.5, 0.6) is 0 Å². The van der Waals surface area contributed by atoms with Gasteiger partial charge in [0.1, 0.15) is 5.15 Å². The van der Waals surface area contributed by atoms with Crippen molar-refractivity contribution in [2.24, 2.45) is 0 Å². The van der Waals surface area contributed by atoms with Crippen molar-refractivity contribution in [2.45, 2.75) is 13.5 Å². The Hall–Kier alpha value is -1.06. The van der Waals surface area contributed by atoms with Crippen LogP contribution in [-0.2, 0) is 6.54 Å². The van der Waals surface area contributed by atoms with Crippen LogP contribution in [0, 0.1) is 6.92 Å². The molecule has 0 atom stereocenters. The summed E-state index contributed by atoms with van der Waals surface area (Å²) in [6.45, 7) is 2.85. The normalized spacial score (nSPS) is 10.3. The van der Waals surface area contributed by atoms with Gasteiger partial charge in [-0.15, -0.1) is 0 Å². The van der Waals surface area contributed by atoms with E-state index in [2.05, 4.69) is 51.4 Å². The number of halogens is 2. The molecule has 0 saturated heterocycles. The van der Waals surface area contributed by atoms with Crippen molar-refractivity contribution < 1.29 is 0 Å². The topological polar surface area (TPSA) is 24.9 Å². The molecule has 0 bridgehead atoms. The van der Waals surface area contributed by atoms with Crippen LogP contribution in [0.4, 0.5) is 5.69 Å². The fourth-order valence-electron chi connectivity index (χ4n) is 1.53. The zero-order valence-corrected chi connectivity index (χ0v) is 11.7. The van der Waals surface area contributed by atoms with Gasteiger partial charge in [-0.1, -0.05) is 39.7 Å². The molecule has 1 N–H and O–H groups in total. The second kappa shape index (κ2) is 5.52. The van der Waals surface area contributed by atoms with Gasteiger partial charge in [0.25, 0.3) is 0 Å². The van der Waals surface area contributed by atoms with E-state index in [4.69, 9.17) is 11.6 Å². The molecule has 88 valence electrons. The molecule has 0 aliphatic heterocycles. The second-order valence-electron chi connectivity index (χ2n) is 3.80. The van der Waals surface area contributed by atoms with Gasteiger partial charge in [-0.2, -0.15) is 0 Å². The monoisotopic (exact) mass is 310 g/mol. The van der Waals surface area contributed by atoms with Gasteiger partial charge in [0, 0.05) is 22.9 Å². The maximum absolute atomic E-state index is 5.82. The van der Waals surface area contributed by atoms with Gasteiger partial charge in [0.15, 0.2) is 0 Å². The van der Waals surface area contributed by atoms with Gasteiger partial charge in [0.05, 0.1) is 0 Å². The van der Waals surface area contributed by atoms with Crippen LogP contribution in [0.25, 0.3) is 0 Å². The van der Waals surface area contributed by atoms with Gasteiger partial charge in [-0.25, -0.2) is 4.98 Å². The number of anilines is 1. The summed E-state index contributed by atoms with van der Waals surface area (Å²) in [4.78, 5) is 3.94. The van der Waals surface area contributed by atoms with Crippen LogP contribution < -0.4 is 5.32 Å². The summed E-state index contributed by atoms with van der Waals surface area (Å²) in [6.07, 6.45) is 1.69. The van der Waals surface area contributed by atoms with Crippen LogP contribution in [0.15, 0.2) is 41.0 Å². The molecular weight excluding hydrogens is 300 g/mol. The molecule has 1 aromatic heterocycles. The Balaban J connectivity index is 2.05. The first-order valence-electron chi connectivity index (χ1n) is 5.25. The summed E-state index contributed by atoms with van der Waals surface area (Å²) in [5, 5.41) is 3.81. The van der Waals surface area contributed by atoms with Gasteiger partial charge in [-0.05, 0) is 36.2 Å². The van der Waals surface area contributed by atoms with Gasteiger partial charge in [0.2, 0.25) is 0 Å². The summed E-state index contributed by atoms with van der Waals surface area (Å²) in [6, 6.07) is 10.0. The number of nitrogens with one attached hydrogen (secondary N) is 1. The van der Waals surface area contributed by atoms with Crippen LogP contribution in [0.3, 0.4) is 0 Å². The van der Waals surface area contributed by atoms with E-state index in [1.807, 2.05) is 12.1 Å². The molecular formula is C13H12BrClN2. The Morgan fingerprint density at radius 2 is 2.12 bits per heavy atom. The van der Waals surface area contributed by atoms with Gasteiger partial charge in [-0.3, -0.25) is 0 Å². The van der Waals surface area contributed by atoms with Crippen molar-refractivity contribution in [2.75, 3.05) is 5.32 Å². The number of rotatable bonds is 3. The van der Waals surface area contributed by atoms with E-state index in [1.54, 1.807) is 6.20 Å². The zero-order valence-electron chi connectivity index (χ0n) is 9.37. The Morgan fingerprint density at radius 1 is 1.29 bits per heavy atom. The van der Waals surface area contributed by atoms with Crippen LogP contribution in [0.2, 0.25) is 5.15 Å². The third kappa shape index (κ3) is 3.45. The lowest BCUT2D eigenvalue weighted by Crippen LogP contribution is -1.99. The van der Waals surface area contributed by atoms with Crippen molar-refractivity contribution >= 4 is 33.2 Å². The molecule has 0 amide bonds. The van der Waals surface area contributed by atoms with E-state index in [-0.39, 0.29) is 0 Å². The Labute approximate surface area is 114 Å². The Morgan fingerprint density at radius 3 is 2.82 bits per heavy atom. The summed E-state index contributed by atoms with van der Waals surface area (Å²) < 4.78 is 1.13. The Kier molecular flexibility index (Phi) is 4.02. The first kappa shape index (κ1) is 12.4. The van der Waals surface area contributed by atoms with Crippen LogP contribution >= 0.6 is 27.5 Å². The summed E-state index contributed by atoms with van der Waals surface area (Å²) in [7, 11) is 0. The number of hydrogen-bond donors (Lipinski definition) is 1. The van der Waals surface area contributed by atoms with Crippen molar-refractivity contribution in [1.29, 1.82) is 0 Å². The summed E-state index contributed by atoms with van der Waals surface area (Å²) >= 11 is 9.30. The number of benzene rings is 1. The molecule has 0 saturated carbocycles. The third-order valence-electron chi connectivity index (χ3n) is 2.45. The average Bonchev–Trinajstić information content (AvgIpc) is 2.31. The first-order chi connectivity index (χ1) is 8.15. The zero-order chi connectivity index (χ0) is 12.3. The SMILES string of the molecule is Cc1cc(CNc2ccnc(Cl)c2)ccc1Br. The van der Waals surface area contributed by atoms with E-state index in [1.165, 1.54) is 11.1 Å². The molecule has 1 heterocycles. The highest BCUT2D eigenvalue weighted by Gasteiger charge is 1.98. The number of aromatic nitrogens is 1. The predicted molar refractivity (Wildman–Crippen MR) is 75.5 cm³/mol. The fraction of sp³-hybridized carbons (Fsp3) is 0.154. The highest BCUT2D eigenvalue weighted by Crippen LogP contribution is 2.18. The minimum absolute atomic E-state index is 0.502. The van der Waals surface area contributed by atoms with Crippen molar-refractivity contribution in [3.05, 3.63) is 57.3 Å². The minimum atomic E-state index is 0.502. The highest BCUT2D eigenvalue weighted by atomic mass is 79.9. The highest BCUT2D eigenvalue weighted by molar-refractivity contribution is 9.10. The van der Waals surface area contributed by atoms with E-state index >= 15 is 0 Å². The lowest BCUT2D eigenvalue weighted by molar-refractivity contribution is 1.13. The lowest BCUT2D eigenvalue weighted by atomic mass is 10.1. The molecule has 0 aliphatic carbocycles. The summed E-state index contributed by atoms with van der Waals surface area (Å²) in [5.74, 6) is 0. The number of aryl methyl sites for hydroxylation is 1. The van der Waals surface area contributed by atoms with Crippen molar-refractivity contribution in [3.63, 3.8) is 0 Å². The quantitative estimate of drug-likeness (QED) is 0.849. The van der Waals surface area contributed by atoms with Gasteiger partial charge >= 0.3 is 0 Å². The van der Waals surface area contributed by atoms with Gasteiger partial charge < -0.3 is 5.32 Å². The number of pyridine rings is 1. The lowest BCUT2D eigenvalue weighted by Gasteiger charge is -2.08. The second-order valence-corrected chi connectivity index (χ2v) is 5.05. The first-order valence-corrected chi connectivity index (χ1v) is 6.43. The van der Waals surface area contributed by atoms with E-state index in [0.29, 0.717) is 5.15 Å². The molecule has 0 radical (unpaired) electrons. The molecule has 0 spiro atoms. The summed E-state index contributed by atoms with van der Waals surface area (Å²) in [5.41, 5.74) is 3.45. The largest absolute Gasteiger partial charge is 0.381 e. The molecule has 2 nitrogen and oxygen atoms in total. The molecule has 2 rings (SSSR count). The molecule has 0 aliphatic rings. The minimum Gasteiger partial charge on any atom is -0.381 e. The molecule has 0 unspecified atom stereocenters. The smallest absolute Gasteiger partial charge is 0.131 e. The number of hydrogen-bond acceptors (Lipinski definition) is 2. The van der Waals surface area contributed by atoms with Crippen molar-refractivity contribution in [1.82, 2.24) is 4.98 Å². The standard InChI is InChI=1S/C13H12BrClN2/c1-9-6-10(2-3-12(9)14)8-17-11-4-5-16-13(15)7-11/h2-7H,8H2,1H3,(H,16,17). The van der Waals surface area contributed by atoms with E-state index in [0.717, 1.165) is 16.7 Å². The van der Waals surface area contributed by atoms with Crippen LogP contribution in [0.1, 0.15) is 11.1 Å². The molecule has 2 aromatic rings.